The molecule has 2 aromatic carbocycles. The molecule has 4 rings (SSSR count). The van der Waals surface area contributed by atoms with Gasteiger partial charge in [0.05, 0.1) is 12.5 Å². The van der Waals surface area contributed by atoms with Gasteiger partial charge >= 0.3 is 0 Å². The van der Waals surface area contributed by atoms with Crippen LogP contribution in [0.15, 0.2) is 78.5 Å². The van der Waals surface area contributed by atoms with E-state index >= 15 is 0 Å². The van der Waals surface area contributed by atoms with Gasteiger partial charge in [0.2, 0.25) is 11.6 Å². The number of nitrogens with one attached hydrogen (secondary N) is 1. The van der Waals surface area contributed by atoms with Crippen LogP contribution in [-0.2, 0) is 10.0 Å². The SMILES string of the molecule is C#CCOc1nc(-c2ncccn2)nc(NS(=O)(=O)/C=C/c2ccccc2)c1Oc1ccccc1OC. The number of hydrogen-bond donors (Lipinski definition) is 1. The topological polar surface area (TPSA) is 125 Å². The zero-order valence-corrected chi connectivity index (χ0v) is 20.4. The van der Waals surface area contributed by atoms with Crippen molar-refractivity contribution in [3.63, 3.8) is 0 Å². The number of methoxy groups -OCH3 is 1. The predicted molar refractivity (Wildman–Crippen MR) is 138 cm³/mol. The monoisotopic (exact) mass is 515 g/mol. The van der Waals surface area contributed by atoms with E-state index in [1.807, 2.05) is 6.07 Å². The zero-order valence-electron chi connectivity index (χ0n) is 19.6. The van der Waals surface area contributed by atoms with Gasteiger partial charge in [0, 0.05) is 12.4 Å². The van der Waals surface area contributed by atoms with Crippen molar-refractivity contribution in [1.82, 2.24) is 19.9 Å². The van der Waals surface area contributed by atoms with Gasteiger partial charge in [0.25, 0.3) is 15.9 Å². The summed E-state index contributed by atoms with van der Waals surface area (Å²) in [6.45, 7) is -0.172. The van der Waals surface area contributed by atoms with Crippen LogP contribution in [0.1, 0.15) is 5.56 Å². The molecule has 0 radical (unpaired) electrons. The minimum absolute atomic E-state index is 0.00950. The van der Waals surface area contributed by atoms with Crippen molar-refractivity contribution in [3.8, 4) is 47.1 Å². The van der Waals surface area contributed by atoms with Gasteiger partial charge < -0.3 is 14.2 Å². The second-order valence-electron chi connectivity index (χ2n) is 7.21. The van der Waals surface area contributed by atoms with Crippen LogP contribution in [0.5, 0.6) is 23.1 Å². The number of para-hydroxylation sites is 2. The molecule has 11 heteroatoms. The first-order valence-electron chi connectivity index (χ1n) is 10.8. The largest absolute Gasteiger partial charge is 0.493 e. The van der Waals surface area contributed by atoms with Crippen molar-refractivity contribution < 1.29 is 22.6 Å². The standard InChI is InChI=1S/C26H21N5O5S/c1-3-17-35-26-22(36-21-13-8-7-12-20(21)34-2)23(29-25(30-26)24-27-15-9-16-28-24)31-37(32,33)18-14-19-10-5-4-6-11-19/h1,4-16,18H,17H2,2H3,(H,29,30,31)/b18-14+. The summed E-state index contributed by atoms with van der Waals surface area (Å²) < 4.78 is 45.5. The average Bonchev–Trinajstić information content (AvgIpc) is 2.93. The summed E-state index contributed by atoms with van der Waals surface area (Å²) >= 11 is 0. The van der Waals surface area contributed by atoms with Gasteiger partial charge in [0.15, 0.2) is 29.7 Å². The molecule has 0 fully saturated rings. The fraction of sp³-hybridized carbons (Fsp3) is 0.0769. The molecule has 0 spiro atoms. The summed E-state index contributed by atoms with van der Waals surface area (Å²) in [5.41, 5.74) is 0.692. The number of rotatable bonds is 10. The highest BCUT2D eigenvalue weighted by Crippen LogP contribution is 2.41. The molecule has 0 atom stereocenters. The molecule has 0 aliphatic heterocycles. The molecule has 0 amide bonds. The van der Waals surface area contributed by atoms with Crippen molar-refractivity contribution in [2.45, 2.75) is 0 Å². The molecule has 0 saturated heterocycles. The van der Waals surface area contributed by atoms with E-state index in [0.29, 0.717) is 11.3 Å². The minimum Gasteiger partial charge on any atom is -0.493 e. The fourth-order valence-electron chi connectivity index (χ4n) is 3.03. The molecule has 10 nitrogen and oxygen atoms in total. The van der Waals surface area contributed by atoms with Crippen LogP contribution in [-0.4, -0.2) is 42.1 Å². The fourth-order valence-corrected chi connectivity index (χ4v) is 3.84. The molecule has 4 aromatic rings. The Labute approximate surface area is 214 Å². The third kappa shape index (κ3) is 6.59. The number of sulfonamides is 1. The highest BCUT2D eigenvalue weighted by atomic mass is 32.2. The Morgan fingerprint density at radius 2 is 1.65 bits per heavy atom. The smallest absolute Gasteiger partial charge is 0.264 e. The maximum absolute atomic E-state index is 13.0. The molecule has 0 aliphatic rings. The van der Waals surface area contributed by atoms with Crippen molar-refractivity contribution in [3.05, 3.63) is 84.0 Å². The summed E-state index contributed by atoms with van der Waals surface area (Å²) in [5, 5.41) is 1.01. The molecular formula is C26H21N5O5S. The molecule has 2 heterocycles. The van der Waals surface area contributed by atoms with Gasteiger partial charge in [-0.15, -0.1) is 6.42 Å². The van der Waals surface area contributed by atoms with Crippen LogP contribution < -0.4 is 18.9 Å². The third-order valence-electron chi connectivity index (χ3n) is 4.65. The van der Waals surface area contributed by atoms with Gasteiger partial charge in [-0.05, 0) is 29.8 Å². The van der Waals surface area contributed by atoms with Gasteiger partial charge in [-0.25, -0.2) is 23.4 Å². The van der Waals surface area contributed by atoms with E-state index in [9.17, 15) is 8.42 Å². The predicted octanol–water partition coefficient (Wildman–Crippen LogP) is 4.16. The summed E-state index contributed by atoms with van der Waals surface area (Å²) in [4.78, 5) is 17.0. The van der Waals surface area contributed by atoms with E-state index in [0.717, 1.165) is 5.41 Å². The van der Waals surface area contributed by atoms with Crippen LogP contribution in [0.25, 0.3) is 17.7 Å². The zero-order chi connectivity index (χ0) is 26.1. The van der Waals surface area contributed by atoms with E-state index in [2.05, 4.69) is 30.6 Å². The highest BCUT2D eigenvalue weighted by molar-refractivity contribution is 7.95. The Bertz CT molecular complexity index is 1540. The van der Waals surface area contributed by atoms with E-state index in [1.54, 1.807) is 54.6 Å². The van der Waals surface area contributed by atoms with Gasteiger partial charge in [0.1, 0.15) is 0 Å². The van der Waals surface area contributed by atoms with E-state index < -0.39 is 10.0 Å². The highest BCUT2D eigenvalue weighted by Gasteiger charge is 2.24. The number of ether oxygens (including phenoxy) is 3. The van der Waals surface area contributed by atoms with E-state index in [4.69, 9.17) is 20.6 Å². The molecule has 1 N–H and O–H groups in total. The first-order valence-corrected chi connectivity index (χ1v) is 12.4. The van der Waals surface area contributed by atoms with E-state index in [1.165, 1.54) is 25.6 Å². The van der Waals surface area contributed by atoms with Crippen molar-refractivity contribution in [2.75, 3.05) is 18.4 Å². The Balaban J connectivity index is 1.83. The second-order valence-corrected chi connectivity index (χ2v) is 8.78. The quantitative estimate of drug-likeness (QED) is 0.310. The van der Waals surface area contributed by atoms with Crippen LogP contribution in [0, 0.1) is 12.3 Å². The van der Waals surface area contributed by atoms with Gasteiger partial charge in [-0.3, -0.25) is 4.72 Å². The third-order valence-corrected chi connectivity index (χ3v) is 5.62. The summed E-state index contributed by atoms with van der Waals surface area (Å²) in [7, 11) is -2.59. The van der Waals surface area contributed by atoms with Crippen LogP contribution in [0.2, 0.25) is 0 Å². The molecule has 37 heavy (non-hydrogen) atoms. The van der Waals surface area contributed by atoms with E-state index in [-0.39, 0.29) is 41.5 Å². The number of anilines is 1. The Kier molecular flexibility index (Phi) is 7.92. The number of aromatic nitrogens is 4. The Morgan fingerprint density at radius 1 is 0.946 bits per heavy atom. The summed E-state index contributed by atoms with van der Waals surface area (Å²) in [5.74, 6) is 2.67. The minimum atomic E-state index is -4.07. The molecule has 0 saturated carbocycles. The van der Waals surface area contributed by atoms with Crippen molar-refractivity contribution >= 4 is 21.9 Å². The lowest BCUT2D eigenvalue weighted by atomic mass is 10.2. The normalized spacial score (nSPS) is 11.0. The summed E-state index contributed by atoms with van der Waals surface area (Å²) in [6, 6.07) is 17.4. The lowest BCUT2D eigenvalue weighted by molar-refractivity contribution is 0.325. The Morgan fingerprint density at radius 3 is 2.35 bits per heavy atom. The maximum atomic E-state index is 13.0. The maximum Gasteiger partial charge on any atom is 0.264 e. The van der Waals surface area contributed by atoms with Crippen LogP contribution in [0.3, 0.4) is 0 Å². The van der Waals surface area contributed by atoms with Crippen molar-refractivity contribution in [1.29, 1.82) is 0 Å². The first kappa shape index (κ1) is 25.2. The van der Waals surface area contributed by atoms with Crippen LogP contribution >= 0.6 is 0 Å². The molecule has 0 unspecified atom stereocenters. The lowest BCUT2D eigenvalue weighted by Gasteiger charge is -2.17. The molecule has 0 aliphatic carbocycles. The number of benzene rings is 2. The Hall–Kier alpha value is -4.95. The first-order chi connectivity index (χ1) is 18.0. The summed E-state index contributed by atoms with van der Waals surface area (Å²) in [6.07, 6.45) is 9.83. The molecular weight excluding hydrogens is 494 g/mol. The lowest BCUT2D eigenvalue weighted by Crippen LogP contribution is -2.14. The molecule has 2 aromatic heterocycles. The number of hydrogen-bond acceptors (Lipinski definition) is 9. The van der Waals surface area contributed by atoms with Crippen molar-refractivity contribution in [2.24, 2.45) is 0 Å². The molecule has 186 valence electrons. The number of nitrogens with zero attached hydrogens (tertiary/aromatic N) is 4. The number of terminal acetylenes is 1. The average molecular weight is 516 g/mol. The second kappa shape index (κ2) is 11.7. The molecule has 0 bridgehead atoms. The van der Waals surface area contributed by atoms with Crippen LogP contribution in [0.4, 0.5) is 5.82 Å². The van der Waals surface area contributed by atoms with Gasteiger partial charge in [-0.1, -0.05) is 48.4 Å². The van der Waals surface area contributed by atoms with Gasteiger partial charge in [-0.2, -0.15) is 4.98 Å².